The monoisotopic (exact) mass is 359 g/mol. The van der Waals surface area contributed by atoms with Crippen LogP contribution in [-0.4, -0.2) is 32.9 Å². The molecule has 3 rings (SSSR count). The summed E-state index contributed by atoms with van der Waals surface area (Å²) in [6.45, 7) is 4.24. The molecule has 0 spiro atoms. The lowest BCUT2D eigenvalue weighted by Crippen LogP contribution is -2.35. The van der Waals surface area contributed by atoms with Gasteiger partial charge in [0.2, 0.25) is 0 Å². The van der Waals surface area contributed by atoms with Crippen molar-refractivity contribution in [2.75, 3.05) is 13.7 Å². The number of hydrogen-bond donors (Lipinski definition) is 1. The zero-order chi connectivity index (χ0) is 18.2. The molecule has 0 bridgehead atoms. The SMILES string of the molecule is CCc1ccc([C@H]2[C@@H](S(=O)(=O)c3ccc(C)cc3)[C@@]2(N)COC)cc1. The van der Waals surface area contributed by atoms with Gasteiger partial charge in [0.15, 0.2) is 9.84 Å². The Morgan fingerprint density at radius 3 is 2.20 bits per heavy atom. The third-order valence-electron chi connectivity index (χ3n) is 5.13. The summed E-state index contributed by atoms with van der Waals surface area (Å²) >= 11 is 0. The third kappa shape index (κ3) is 3.12. The molecule has 1 aliphatic rings. The first-order chi connectivity index (χ1) is 11.8. The molecule has 0 amide bonds. The highest BCUT2D eigenvalue weighted by Crippen LogP contribution is 2.55. The van der Waals surface area contributed by atoms with Crippen molar-refractivity contribution in [3.05, 3.63) is 65.2 Å². The standard InChI is InChI=1S/C20H25NO3S/c1-4-15-7-9-16(10-8-15)18-19(20(18,21)13-24-3)25(22,23)17-11-5-14(2)6-12-17/h5-12,18-19H,4,13,21H2,1-3H3/t18-,19+,20+/m0/s1. The number of ether oxygens (including phenoxy) is 1. The summed E-state index contributed by atoms with van der Waals surface area (Å²) in [5, 5.41) is -0.671. The third-order valence-corrected chi connectivity index (χ3v) is 7.44. The second-order valence-electron chi connectivity index (χ2n) is 6.90. The van der Waals surface area contributed by atoms with Gasteiger partial charge >= 0.3 is 0 Å². The molecule has 0 radical (unpaired) electrons. The Labute approximate surface area is 149 Å². The molecule has 25 heavy (non-hydrogen) atoms. The van der Waals surface area contributed by atoms with E-state index >= 15 is 0 Å². The molecule has 2 aromatic rings. The highest BCUT2D eigenvalue weighted by atomic mass is 32.2. The van der Waals surface area contributed by atoms with Gasteiger partial charge in [-0.2, -0.15) is 0 Å². The maximum atomic E-state index is 13.2. The van der Waals surface area contributed by atoms with E-state index < -0.39 is 20.6 Å². The van der Waals surface area contributed by atoms with Crippen LogP contribution in [0.5, 0.6) is 0 Å². The molecule has 1 aliphatic carbocycles. The van der Waals surface area contributed by atoms with Crippen LogP contribution in [0, 0.1) is 6.92 Å². The fourth-order valence-corrected chi connectivity index (χ4v) is 5.92. The van der Waals surface area contributed by atoms with Crippen molar-refractivity contribution in [1.82, 2.24) is 0 Å². The Kier molecular flexibility index (Phi) is 4.75. The molecule has 3 atom stereocenters. The first-order valence-electron chi connectivity index (χ1n) is 8.52. The van der Waals surface area contributed by atoms with Crippen LogP contribution in [-0.2, 0) is 21.0 Å². The van der Waals surface area contributed by atoms with E-state index in [0.29, 0.717) is 4.90 Å². The highest BCUT2D eigenvalue weighted by Gasteiger charge is 2.69. The average Bonchev–Trinajstić information content (AvgIpc) is 3.22. The summed E-state index contributed by atoms with van der Waals surface area (Å²) in [5.74, 6) is -0.260. The molecule has 2 aromatic carbocycles. The van der Waals surface area contributed by atoms with Gasteiger partial charge in [-0.15, -0.1) is 0 Å². The van der Waals surface area contributed by atoms with Crippen LogP contribution in [0.1, 0.15) is 29.5 Å². The number of nitrogens with two attached hydrogens (primary N) is 1. The van der Waals surface area contributed by atoms with Crippen molar-refractivity contribution < 1.29 is 13.2 Å². The summed E-state index contributed by atoms with van der Waals surface area (Å²) < 4.78 is 31.6. The van der Waals surface area contributed by atoms with Crippen LogP contribution in [0.3, 0.4) is 0 Å². The second-order valence-corrected chi connectivity index (χ2v) is 8.97. The molecule has 5 heteroatoms. The van der Waals surface area contributed by atoms with Crippen molar-refractivity contribution in [3.63, 3.8) is 0 Å². The van der Waals surface area contributed by atoms with Gasteiger partial charge in [-0.3, -0.25) is 0 Å². The molecule has 4 nitrogen and oxygen atoms in total. The van der Waals surface area contributed by atoms with E-state index in [-0.39, 0.29) is 12.5 Å². The van der Waals surface area contributed by atoms with Crippen molar-refractivity contribution in [2.45, 2.75) is 41.9 Å². The van der Waals surface area contributed by atoms with E-state index in [9.17, 15) is 8.42 Å². The van der Waals surface area contributed by atoms with Gasteiger partial charge in [-0.25, -0.2) is 8.42 Å². The van der Waals surface area contributed by atoms with E-state index in [0.717, 1.165) is 17.5 Å². The number of hydrogen-bond acceptors (Lipinski definition) is 4. The summed E-state index contributed by atoms with van der Waals surface area (Å²) in [7, 11) is -1.98. The van der Waals surface area contributed by atoms with Crippen molar-refractivity contribution in [1.29, 1.82) is 0 Å². The maximum Gasteiger partial charge on any atom is 0.183 e. The predicted molar refractivity (Wildman–Crippen MR) is 99.5 cm³/mol. The number of benzene rings is 2. The van der Waals surface area contributed by atoms with Gasteiger partial charge in [-0.05, 0) is 36.6 Å². The van der Waals surface area contributed by atoms with Gasteiger partial charge in [0.1, 0.15) is 0 Å². The van der Waals surface area contributed by atoms with Crippen LogP contribution in [0.25, 0.3) is 0 Å². The summed E-state index contributed by atoms with van der Waals surface area (Å²) in [6.07, 6.45) is 0.946. The lowest BCUT2D eigenvalue weighted by atomic mass is 10.0. The molecule has 2 N–H and O–H groups in total. The van der Waals surface area contributed by atoms with Crippen molar-refractivity contribution in [2.24, 2.45) is 5.73 Å². The zero-order valence-corrected chi connectivity index (χ0v) is 15.7. The largest absolute Gasteiger partial charge is 0.383 e. The van der Waals surface area contributed by atoms with Crippen molar-refractivity contribution in [3.8, 4) is 0 Å². The van der Waals surface area contributed by atoms with E-state index in [1.165, 1.54) is 5.56 Å². The quantitative estimate of drug-likeness (QED) is 0.861. The summed E-state index contributed by atoms with van der Waals surface area (Å²) in [6, 6.07) is 15.0. The zero-order valence-electron chi connectivity index (χ0n) is 14.9. The van der Waals surface area contributed by atoms with Crippen LogP contribution < -0.4 is 5.73 Å². The lowest BCUT2D eigenvalue weighted by molar-refractivity contribution is 0.171. The molecule has 0 aromatic heterocycles. The fraction of sp³-hybridized carbons (Fsp3) is 0.400. The van der Waals surface area contributed by atoms with Gasteiger partial charge < -0.3 is 10.5 Å². The summed E-state index contributed by atoms with van der Waals surface area (Å²) in [5.41, 5.74) is 8.80. The first-order valence-corrected chi connectivity index (χ1v) is 10.1. The molecular weight excluding hydrogens is 334 g/mol. The Balaban J connectivity index is 1.99. The molecular formula is C20H25NO3S. The number of sulfone groups is 1. The number of rotatable bonds is 6. The minimum absolute atomic E-state index is 0.211. The number of methoxy groups -OCH3 is 1. The van der Waals surface area contributed by atoms with E-state index in [4.69, 9.17) is 10.5 Å². The van der Waals surface area contributed by atoms with Crippen LogP contribution >= 0.6 is 0 Å². The molecule has 1 fully saturated rings. The first kappa shape index (κ1) is 18.1. The molecule has 0 heterocycles. The van der Waals surface area contributed by atoms with Crippen molar-refractivity contribution >= 4 is 9.84 Å². The summed E-state index contributed by atoms with van der Waals surface area (Å²) in [4.78, 5) is 0.321. The molecule has 0 unspecified atom stereocenters. The Bertz CT molecular complexity index is 844. The molecule has 0 aliphatic heterocycles. The average molecular weight is 359 g/mol. The van der Waals surface area contributed by atoms with Crippen LogP contribution in [0.2, 0.25) is 0 Å². The topological polar surface area (TPSA) is 69.4 Å². The van der Waals surface area contributed by atoms with Gasteiger partial charge in [0, 0.05) is 13.0 Å². The predicted octanol–water partition coefficient (Wildman–Crippen LogP) is 2.84. The molecule has 1 saturated carbocycles. The van der Waals surface area contributed by atoms with E-state index in [2.05, 4.69) is 6.92 Å². The molecule has 134 valence electrons. The Morgan fingerprint density at radius 1 is 1.08 bits per heavy atom. The normalized spacial score (nSPS) is 25.8. The number of aryl methyl sites for hydroxylation is 2. The van der Waals surface area contributed by atoms with Gasteiger partial charge in [-0.1, -0.05) is 48.9 Å². The fourth-order valence-electron chi connectivity index (χ4n) is 3.63. The van der Waals surface area contributed by atoms with E-state index in [1.54, 1.807) is 19.2 Å². The Hall–Kier alpha value is -1.69. The highest BCUT2D eigenvalue weighted by molar-refractivity contribution is 7.92. The Morgan fingerprint density at radius 2 is 1.68 bits per heavy atom. The van der Waals surface area contributed by atoms with Crippen LogP contribution in [0.15, 0.2) is 53.4 Å². The minimum atomic E-state index is -3.53. The van der Waals surface area contributed by atoms with E-state index in [1.807, 2.05) is 43.3 Å². The second kappa shape index (κ2) is 6.56. The maximum absolute atomic E-state index is 13.2. The smallest absolute Gasteiger partial charge is 0.183 e. The minimum Gasteiger partial charge on any atom is -0.383 e. The van der Waals surface area contributed by atoms with Gasteiger partial charge in [0.05, 0.1) is 22.3 Å². The molecule has 0 saturated heterocycles. The van der Waals surface area contributed by atoms with Crippen LogP contribution in [0.4, 0.5) is 0 Å². The van der Waals surface area contributed by atoms with Gasteiger partial charge in [0.25, 0.3) is 0 Å². The lowest BCUT2D eigenvalue weighted by Gasteiger charge is -2.11.